The van der Waals surface area contributed by atoms with Crippen LogP contribution in [0.25, 0.3) is 0 Å². The third-order valence-electron chi connectivity index (χ3n) is 9.33. The summed E-state index contributed by atoms with van der Waals surface area (Å²) in [5.74, 6) is -0.213. The Morgan fingerprint density at radius 1 is 0.893 bits per heavy atom. The molecule has 2 aliphatic rings. The third-order valence-corrected chi connectivity index (χ3v) is 9.33. The fourth-order valence-corrected chi connectivity index (χ4v) is 6.53. The van der Waals surface area contributed by atoms with Gasteiger partial charge in [-0.1, -0.05) is 6.92 Å². The van der Waals surface area contributed by atoms with E-state index in [0.29, 0.717) is 51.4 Å². The second-order valence-electron chi connectivity index (χ2n) is 13.2. The van der Waals surface area contributed by atoms with Gasteiger partial charge in [0.1, 0.15) is 0 Å². The van der Waals surface area contributed by atoms with Gasteiger partial charge in [0.15, 0.2) is 0 Å². The molecule has 0 bridgehead atoms. The van der Waals surface area contributed by atoms with Crippen molar-refractivity contribution >= 4 is 23.8 Å². The van der Waals surface area contributed by atoms with E-state index < -0.39 is 71.4 Å². The first-order chi connectivity index (χ1) is 26.4. The molecule has 1 fully saturated rings. The zero-order valence-corrected chi connectivity index (χ0v) is 30.3. The van der Waals surface area contributed by atoms with E-state index in [9.17, 15) is 49.1 Å². The fourth-order valence-electron chi connectivity index (χ4n) is 6.53. The summed E-state index contributed by atoms with van der Waals surface area (Å²) < 4.78 is 135. The summed E-state index contributed by atoms with van der Waals surface area (Å²) >= 11 is 0. The van der Waals surface area contributed by atoms with Crippen LogP contribution in [-0.2, 0) is 41.0 Å². The van der Waals surface area contributed by atoms with E-state index in [4.69, 9.17) is 9.47 Å². The van der Waals surface area contributed by atoms with Crippen molar-refractivity contribution in [2.75, 3.05) is 56.2 Å². The Bertz CT molecular complexity index is 1820. The number of alkyl halides is 9. The molecule has 0 unspecified atom stereocenters. The Morgan fingerprint density at radius 2 is 1.55 bits per heavy atom. The predicted molar refractivity (Wildman–Crippen MR) is 185 cm³/mol. The summed E-state index contributed by atoms with van der Waals surface area (Å²) in [5.41, 5.74) is -4.21. The first kappa shape index (κ1) is 42.3. The van der Waals surface area contributed by atoms with Crippen LogP contribution in [0.15, 0.2) is 42.6 Å². The van der Waals surface area contributed by atoms with E-state index >= 15 is 0 Å². The smallest absolute Gasteiger partial charge is 0.416 e. The lowest BCUT2D eigenvalue weighted by atomic mass is 9.89. The van der Waals surface area contributed by atoms with Gasteiger partial charge in [-0.15, -0.1) is 0 Å². The maximum Gasteiger partial charge on any atom is 0.416 e. The number of carbonyl (C=O) groups excluding carboxylic acids is 2. The highest BCUT2D eigenvalue weighted by molar-refractivity contribution is 5.90. The van der Waals surface area contributed by atoms with E-state index in [1.807, 2.05) is 0 Å². The number of morpholine rings is 1. The minimum absolute atomic E-state index is 0.000359. The molecule has 2 atom stereocenters. The van der Waals surface area contributed by atoms with Gasteiger partial charge in [0.25, 0.3) is 0 Å². The highest BCUT2D eigenvalue weighted by Crippen LogP contribution is 2.43. The molecule has 11 nitrogen and oxygen atoms in total. The van der Waals surface area contributed by atoms with Gasteiger partial charge < -0.3 is 25.4 Å². The average Bonchev–Trinajstić information content (AvgIpc) is 3.13. The molecule has 2 aromatic carbocycles. The lowest BCUT2D eigenvalue weighted by molar-refractivity contribution is -0.143. The number of rotatable bonds is 11. The van der Waals surface area contributed by atoms with Crippen LogP contribution in [0.2, 0.25) is 0 Å². The molecule has 3 heterocycles. The largest absolute Gasteiger partial charge is 0.449 e. The summed E-state index contributed by atoms with van der Waals surface area (Å²) in [6.45, 7) is 6.38. The molecule has 56 heavy (non-hydrogen) atoms. The van der Waals surface area contributed by atoms with Gasteiger partial charge in [-0.05, 0) is 67.3 Å². The normalized spacial score (nSPS) is 17.9. The highest BCUT2D eigenvalue weighted by atomic mass is 19.4. The lowest BCUT2D eigenvalue weighted by Crippen LogP contribution is -2.46. The molecule has 1 aromatic heterocycles. The zero-order valence-electron chi connectivity index (χ0n) is 30.3. The zero-order chi connectivity index (χ0) is 40.8. The molecule has 0 radical (unpaired) electrons. The number of nitrogens with zero attached hydrogens (tertiary/aromatic N) is 4. The summed E-state index contributed by atoms with van der Waals surface area (Å²) in [6.07, 6.45) is -14.7. The first-order valence-electron chi connectivity index (χ1n) is 17.8. The number of hydrogen-bond donors (Lipinski definition) is 3. The number of amides is 3. The van der Waals surface area contributed by atoms with Crippen LogP contribution in [0.5, 0.6) is 0 Å². The molecule has 3 aromatic rings. The highest BCUT2D eigenvalue weighted by Gasteiger charge is 2.40. The van der Waals surface area contributed by atoms with Crippen molar-refractivity contribution in [2.24, 2.45) is 0 Å². The van der Waals surface area contributed by atoms with E-state index in [-0.39, 0.29) is 60.6 Å². The van der Waals surface area contributed by atoms with Crippen LogP contribution in [0.1, 0.15) is 71.8 Å². The molecule has 1 saturated heterocycles. The number of fused-ring (bicyclic) bond motifs is 1. The molecule has 306 valence electrons. The van der Waals surface area contributed by atoms with E-state index in [0.717, 1.165) is 18.2 Å². The summed E-state index contributed by atoms with van der Waals surface area (Å²) in [6, 6.07) is 1.87. The van der Waals surface area contributed by atoms with Gasteiger partial charge in [-0.25, -0.2) is 19.6 Å². The molecule has 3 amide bonds. The SMILES string of the molecule is CCOC(=O)N1c2ccc(C(F)(F)F)cc2[C@@H](Nc2ncc(CNC(=O)NCCN3CCOCC3)c(Cc3cc(C(F)(F)F)cc(C(F)(F)F)c3)n2)C[C@H]1CC. The van der Waals surface area contributed by atoms with Crippen molar-refractivity contribution in [3.05, 3.63) is 81.7 Å². The predicted octanol–water partition coefficient (Wildman–Crippen LogP) is 7.55. The number of ether oxygens (including phenoxy) is 2. The molecule has 3 N–H and O–H groups in total. The van der Waals surface area contributed by atoms with Crippen molar-refractivity contribution in [3.63, 3.8) is 0 Å². The number of halogens is 9. The Balaban J connectivity index is 1.48. The molecule has 0 saturated carbocycles. The summed E-state index contributed by atoms with van der Waals surface area (Å²) in [5, 5.41) is 8.26. The van der Waals surface area contributed by atoms with Crippen molar-refractivity contribution < 1.29 is 58.6 Å². The first-order valence-corrected chi connectivity index (χ1v) is 17.8. The summed E-state index contributed by atoms with van der Waals surface area (Å²) in [7, 11) is 0. The fraction of sp³-hybridized carbons (Fsp3) is 0.500. The molecule has 20 heteroatoms. The van der Waals surface area contributed by atoms with Crippen LogP contribution in [0.4, 0.5) is 60.7 Å². The Hall–Kier alpha value is -4.85. The van der Waals surface area contributed by atoms with Crippen LogP contribution >= 0.6 is 0 Å². The van der Waals surface area contributed by atoms with Crippen LogP contribution < -0.4 is 20.9 Å². The lowest BCUT2D eigenvalue weighted by Gasteiger charge is -2.40. The quantitative estimate of drug-likeness (QED) is 0.170. The molecular weight excluding hydrogens is 765 g/mol. The topological polar surface area (TPSA) is 121 Å². The molecule has 0 spiro atoms. The van der Waals surface area contributed by atoms with E-state index in [1.54, 1.807) is 13.8 Å². The molecule has 0 aliphatic carbocycles. The molecule has 2 aliphatic heterocycles. The van der Waals surface area contributed by atoms with Crippen molar-refractivity contribution in [1.82, 2.24) is 25.5 Å². The minimum Gasteiger partial charge on any atom is -0.449 e. The number of aromatic nitrogens is 2. The van der Waals surface area contributed by atoms with Gasteiger partial charge in [-0.2, -0.15) is 39.5 Å². The number of nitrogens with one attached hydrogen (secondary N) is 3. The average molecular weight is 806 g/mol. The number of carbonyl (C=O) groups is 2. The van der Waals surface area contributed by atoms with Crippen molar-refractivity contribution in [3.8, 4) is 0 Å². The number of urea groups is 1. The molecule has 5 rings (SSSR count). The summed E-state index contributed by atoms with van der Waals surface area (Å²) in [4.78, 5) is 37.7. The van der Waals surface area contributed by atoms with Gasteiger partial charge in [0, 0.05) is 56.9 Å². The Morgan fingerprint density at radius 3 is 2.16 bits per heavy atom. The van der Waals surface area contributed by atoms with Gasteiger partial charge in [0.2, 0.25) is 5.95 Å². The minimum atomic E-state index is -5.12. The van der Waals surface area contributed by atoms with Crippen molar-refractivity contribution in [2.45, 2.75) is 70.3 Å². The van der Waals surface area contributed by atoms with Crippen molar-refractivity contribution in [1.29, 1.82) is 0 Å². The molecular formula is C36H40F9N7O4. The van der Waals surface area contributed by atoms with E-state index in [2.05, 4.69) is 30.8 Å². The maximum atomic E-state index is 13.9. The number of anilines is 2. The number of benzene rings is 2. The Labute approximate surface area is 315 Å². The van der Waals surface area contributed by atoms with E-state index in [1.165, 1.54) is 11.1 Å². The van der Waals surface area contributed by atoms with Gasteiger partial charge >= 0.3 is 30.7 Å². The number of hydrogen-bond acceptors (Lipinski definition) is 8. The second-order valence-corrected chi connectivity index (χ2v) is 13.2. The monoisotopic (exact) mass is 805 g/mol. The van der Waals surface area contributed by atoms with Crippen LogP contribution in [0, 0.1) is 0 Å². The van der Waals surface area contributed by atoms with Crippen LogP contribution in [0.3, 0.4) is 0 Å². The van der Waals surface area contributed by atoms with Crippen LogP contribution in [-0.4, -0.2) is 79.0 Å². The Kier molecular flexibility index (Phi) is 13.2. The standard InChI is InChI=1S/C36H40F9N7O4/c1-3-26-18-29(27-17-23(34(37,38)39)5-6-30(27)52(26)33(54)56-4-2)50-31-47-19-22(20-48-32(53)46-7-8-51-9-11-55-12-10-51)28(49-31)15-21-13-24(35(40,41)42)16-25(14-21)36(43,44)45/h5-6,13-14,16-17,19,26,29H,3-4,7-12,15,18,20H2,1-2H3,(H2,46,48,53)(H,47,49,50)/t26-,29+/m1/s1. The third kappa shape index (κ3) is 10.7. The van der Waals surface area contributed by atoms with Gasteiger partial charge in [-0.3, -0.25) is 9.80 Å². The maximum absolute atomic E-state index is 13.9. The second kappa shape index (κ2) is 17.5. The van der Waals surface area contributed by atoms with Gasteiger partial charge in [0.05, 0.1) is 53.9 Å².